The minimum Gasteiger partial charge on any atom is -0.406 e. The van der Waals surface area contributed by atoms with Gasteiger partial charge in [0, 0.05) is 6.42 Å². The van der Waals surface area contributed by atoms with Gasteiger partial charge in [-0.25, -0.2) is 0 Å². The van der Waals surface area contributed by atoms with Crippen molar-refractivity contribution in [2.45, 2.75) is 102 Å². The van der Waals surface area contributed by atoms with Crippen LogP contribution in [0.1, 0.15) is 71.1 Å². The highest BCUT2D eigenvalue weighted by molar-refractivity contribution is 5.69. The average molecular weight is 378 g/mol. The van der Waals surface area contributed by atoms with Crippen LogP contribution >= 0.6 is 0 Å². The molecule has 1 saturated heterocycles. The summed E-state index contributed by atoms with van der Waals surface area (Å²) in [6.45, 7) is 1.46. The first-order valence-electron chi connectivity index (χ1n) is 9.62. The fourth-order valence-electron chi connectivity index (χ4n) is 3.00. The van der Waals surface area contributed by atoms with Gasteiger partial charge in [-0.3, -0.25) is 4.79 Å². The van der Waals surface area contributed by atoms with Gasteiger partial charge in [-0.15, -0.1) is 0 Å². The molecule has 154 valence electrons. The molecule has 1 heterocycles. The molecule has 1 aliphatic heterocycles. The van der Waals surface area contributed by atoms with Crippen molar-refractivity contribution in [3.05, 3.63) is 0 Å². The van der Waals surface area contributed by atoms with Crippen LogP contribution in [0.2, 0.25) is 0 Å². The lowest BCUT2D eigenvalue weighted by Gasteiger charge is -2.43. The maximum atomic E-state index is 11.9. The first-order chi connectivity index (χ1) is 12.4. The Morgan fingerprint density at radius 3 is 2.04 bits per heavy atom. The molecule has 0 amide bonds. The molecular weight excluding hydrogens is 344 g/mol. The first-order valence-corrected chi connectivity index (χ1v) is 9.62. The van der Waals surface area contributed by atoms with Crippen LogP contribution < -0.4 is 0 Å². The number of hydrogen-bond donors (Lipinski definition) is 5. The average Bonchev–Trinajstić information content (AvgIpc) is 2.62. The lowest BCUT2D eigenvalue weighted by Crippen LogP contribution is -2.66. The molecule has 0 spiro atoms. The van der Waals surface area contributed by atoms with Gasteiger partial charge >= 0.3 is 11.9 Å². The lowest BCUT2D eigenvalue weighted by atomic mass is 9.98. The Morgan fingerprint density at radius 1 is 0.962 bits per heavy atom. The zero-order valence-electron chi connectivity index (χ0n) is 15.5. The maximum Gasteiger partial charge on any atom is 0.357 e. The molecule has 0 radical (unpaired) electrons. The van der Waals surface area contributed by atoms with E-state index in [2.05, 4.69) is 6.92 Å². The fourth-order valence-corrected chi connectivity index (χ4v) is 3.00. The Hall–Kier alpha value is -0.770. The van der Waals surface area contributed by atoms with E-state index in [1.807, 2.05) is 0 Å². The second kappa shape index (κ2) is 11.8. The van der Waals surface area contributed by atoms with Crippen LogP contribution in [0, 0.1) is 0 Å². The van der Waals surface area contributed by atoms with Crippen molar-refractivity contribution >= 4 is 5.97 Å². The summed E-state index contributed by atoms with van der Waals surface area (Å²) < 4.78 is 9.66. The predicted molar refractivity (Wildman–Crippen MR) is 92.9 cm³/mol. The Kier molecular flexibility index (Phi) is 10.6. The third-order valence-electron chi connectivity index (χ3n) is 4.67. The van der Waals surface area contributed by atoms with Crippen molar-refractivity contribution in [1.82, 2.24) is 0 Å². The Labute approximate surface area is 154 Å². The van der Waals surface area contributed by atoms with Crippen LogP contribution in [-0.4, -0.2) is 68.5 Å². The molecule has 5 atom stereocenters. The number of aliphatic hydroxyl groups is 5. The number of hydrogen-bond acceptors (Lipinski definition) is 8. The highest BCUT2D eigenvalue weighted by atomic mass is 16.8. The Morgan fingerprint density at radius 2 is 1.50 bits per heavy atom. The standard InChI is InChI=1S/C18H34O8/c1-2-3-4-5-6-7-8-9-10-11-14(20)26-18(24)17(23)16(22)15(21)13(12-19)25-18/h13,15-17,19,21-24H,2-12H2,1H3/t13-,15-,16+,17+,18+/m1/s1. The number of ether oxygens (including phenoxy) is 2. The van der Waals surface area contributed by atoms with Gasteiger partial charge in [0.25, 0.3) is 0 Å². The molecule has 0 aliphatic carbocycles. The van der Waals surface area contributed by atoms with E-state index in [4.69, 9.17) is 14.6 Å². The van der Waals surface area contributed by atoms with E-state index in [1.54, 1.807) is 0 Å². The zero-order valence-corrected chi connectivity index (χ0v) is 15.5. The summed E-state index contributed by atoms with van der Waals surface area (Å²) >= 11 is 0. The number of carbonyl (C=O) groups excluding carboxylic acids is 1. The molecule has 0 aromatic heterocycles. The van der Waals surface area contributed by atoms with Crippen LogP contribution in [0.15, 0.2) is 0 Å². The summed E-state index contributed by atoms with van der Waals surface area (Å²) in [5.41, 5.74) is 0. The van der Waals surface area contributed by atoms with Gasteiger partial charge in [-0.05, 0) is 6.42 Å². The predicted octanol–water partition coefficient (Wildman–Crippen LogP) is 0.570. The van der Waals surface area contributed by atoms with Crippen molar-refractivity contribution in [3.63, 3.8) is 0 Å². The topological polar surface area (TPSA) is 137 Å². The highest BCUT2D eigenvalue weighted by Gasteiger charge is 2.55. The van der Waals surface area contributed by atoms with Gasteiger partial charge in [0.05, 0.1) is 6.61 Å². The summed E-state index contributed by atoms with van der Waals surface area (Å²) in [5, 5.41) is 48.4. The molecule has 0 bridgehead atoms. The maximum absolute atomic E-state index is 11.9. The third-order valence-corrected chi connectivity index (χ3v) is 4.67. The molecule has 1 fully saturated rings. The molecule has 8 heteroatoms. The van der Waals surface area contributed by atoms with Crippen LogP contribution in [0.25, 0.3) is 0 Å². The fraction of sp³-hybridized carbons (Fsp3) is 0.944. The van der Waals surface area contributed by atoms with E-state index in [9.17, 15) is 25.2 Å². The summed E-state index contributed by atoms with van der Waals surface area (Å²) in [6, 6.07) is 0. The van der Waals surface area contributed by atoms with E-state index >= 15 is 0 Å². The van der Waals surface area contributed by atoms with E-state index in [1.165, 1.54) is 32.1 Å². The van der Waals surface area contributed by atoms with Crippen LogP contribution in [-0.2, 0) is 14.3 Å². The van der Waals surface area contributed by atoms with Gasteiger partial charge in [0.2, 0.25) is 0 Å². The summed E-state index contributed by atoms with van der Waals surface area (Å²) in [6.07, 6.45) is 2.95. The van der Waals surface area contributed by atoms with Crippen LogP contribution in [0.4, 0.5) is 0 Å². The first kappa shape index (κ1) is 23.3. The molecule has 1 aliphatic rings. The highest BCUT2D eigenvalue weighted by Crippen LogP contribution is 2.29. The Balaban J connectivity index is 2.27. The number of unbranched alkanes of at least 4 members (excludes halogenated alkanes) is 8. The van der Waals surface area contributed by atoms with Crippen molar-refractivity contribution < 1.29 is 39.8 Å². The van der Waals surface area contributed by atoms with Gasteiger partial charge in [-0.1, -0.05) is 58.3 Å². The number of aliphatic hydroxyl groups excluding tert-OH is 4. The minimum absolute atomic E-state index is 0.0384. The van der Waals surface area contributed by atoms with E-state index in [0.29, 0.717) is 6.42 Å². The summed E-state index contributed by atoms with van der Waals surface area (Å²) in [5.74, 6) is -3.57. The van der Waals surface area contributed by atoms with Crippen molar-refractivity contribution in [1.29, 1.82) is 0 Å². The lowest BCUT2D eigenvalue weighted by molar-refractivity contribution is -0.434. The van der Waals surface area contributed by atoms with Gasteiger partial charge in [-0.2, -0.15) is 0 Å². The van der Waals surface area contributed by atoms with Gasteiger partial charge < -0.3 is 35.0 Å². The smallest absolute Gasteiger partial charge is 0.357 e. The molecule has 26 heavy (non-hydrogen) atoms. The van der Waals surface area contributed by atoms with Crippen molar-refractivity contribution in [2.75, 3.05) is 6.61 Å². The van der Waals surface area contributed by atoms with E-state index in [-0.39, 0.29) is 6.42 Å². The second-order valence-electron chi connectivity index (χ2n) is 6.95. The number of rotatable bonds is 12. The molecule has 0 saturated carbocycles. The summed E-state index contributed by atoms with van der Waals surface area (Å²) in [4.78, 5) is 11.9. The summed E-state index contributed by atoms with van der Waals surface area (Å²) in [7, 11) is 0. The molecule has 0 unspecified atom stereocenters. The number of esters is 1. The van der Waals surface area contributed by atoms with E-state index < -0.39 is 43.0 Å². The largest absolute Gasteiger partial charge is 0.406 e. The SMILES string of the molecule is CCCCCCCCCCCC(=O)O[C@@]1(O)O[C@H](CO)[C@@H](O)[C@H](O)[C@@H]1O. The quantitative estimate of drug-likeness (QED) is 0.189. The zero-order chi connectivity index (χ0) is 19.6. The molecule has 8 nitrogen and oxygen atoms in total. The monoisotopic (exact) mass is 378 g/mol. The molecule has 0 aromatic carbocycles. The van der Waals surface area contributed by atoms with Crippen molar-refractivity contribution in [3.8, 4) is 0 Å². The normalized spacial score (nSPS) is 31.8. The van der Waals surface area contributed by atoms with E-state index in [0.717, 1.165) is 19.3 Å². The molecule has 5 N–H and O–H groups in total. The Bertz CT molecular complexity index is 403. The van der Waals surface area contributed by atoms with Crippen LogP contribution in [0.5, 0.6) is 0 Å². The molecular formula is C18H34O8. The van der Waals surface area contributed by atoms with Crippen molar-refractivity contribution in [2.24, 2.45) is 0 Å². The minimum atomic E-state index is -2.79. The second-order valence-corrected chi connectivity index (χ2v) is 6.95. The molecule has 0 aromatic rings. The van der Waals surface area contributed by atoms with Crippen LogP contribution in [0.3, 0.4) is 0 Å². The third kappa shape index (κ3) is 7.09. The molecule has 1 rings (SSSR count). The van der Waals surface area contributed by atoms with Gasteiger partial charge in [0.1, 0.15) is 18.3 Å². The van der Waals surface area contributed by atoms with Gasteiger partial charge in [0.15, 0.2) is 6.10 Å². The number of carbonyl (C=O) groups is 1.